The van der Waals surface area contributed by atoms with Crippen LogP contribution < -0.4 is 10.9 Å². The smallest absolute Gasteiger partial charge is 0.272 e. The number of aromatic nitrogens is 4. The van der Waals surface area contributed by atoms with Gasteiger partial charge in [-0.1, -0.05) is 30.8 Å². The number of benzene rings is 1. The highest BCUT2D eigenvalue weighted by Crippen LogP contribution is 2.24. The molecule has 1 amide bonds. The lowest BCUT2D eigenvalue weighted by molar-refractivity contribution is -0.113. The molecular weight excluding hydrogens is 401 g/mol. The highest BCUT2D eigenvalue weighted by atomic mass is 32.2. The van der Waals surface area contributed by atoms with Crippen LogP contribution >= 0.6 is 23.1 Å². The highest BCUT2D eigenvalue weighted by Gasteiger charge is 2.18. The van der Waals surface area contributed by atoms with Crippen molar-refractivity contribution in [2.45, 2.75) is 25.0 Å². The minimum atomic E-state index is -0.489. The van der Waals surface area contributed by atoms with Crippen LogP contribution in [0.25, 0.3) is 16.0 Å². The van der Waals surface area contributed by atoms with Gasteiger partial charge in [0.2, 0.25) is 11.7 Å². The van der Waals surface area contributed by atoms with Gasteiger partial charge in [0.25, 0.3) is 5.56 Å². The molecule has 0 aliphatic heterocycles. The second-order valence-corrected chi connectivity index (χ2v) is 7.89. The average molecular weight is 417 g/mol. The molecule has 0 atom stereocenters. The van der Waals surface area contributed by atoms with Crippen LogP contribution in [0.15, 0.2) is 45.7 Å². The second-order valence-electron chi connectivity index (χ2n) is 6.03. The molecule has 0 radical (unpaired) electrons. The van der Waals surface area contributed by atoms with Crippen molar-refractivity contribution in [2.75, 3.05) is 11.1 Å². The van der Waals surface area contributed by atoms with E-state index in [0.717, 1.165) is 11.9 Å². The molecule has 4 aromatic rings. The van der Waals surface area contributed by atoms with Crippen molar-refractivity contribution in [1.82, 2.24) is 19.2 Å². The predicted octanol–water partition coefficient (Wildman–Crippen LogP) is 3.39. The Labute approximate surface area is 167 Å². The number of halogens is 1. The summed E-state index contributed by atoms with van der Waals surface area (Å²) in [6.07, 6.45) is 0.785. The SMILES string of the molecule is CCCn1c(=O)c2sccc2n2c(SCC(=O)Nc3ccccc3F)nnc12. The summed E-state index contributed by atoms with van der Waals surface area (Å²) in [6, 6.07) is 7.84. The standard InChI is InChI=1S/C18H16FN5O2S2/c1-2-8-23-16(26)15-13(7-9-27-15)24-17(23)21-22-18(24)28-10-14(25)20-12-6-4-3-5-11(12)19/h3-7,9H,2,8,10H2,1H3,(H,20,25). The van der Waals surface area contributed by atoms with Crippen LogP contribution in [-0.2, 0) is 11.3 Å². The molecule has 0 aliphatic carbocycles. The number of carbonyl (C=O) groups is 1. The fourth-order valence-corrected chi connectivity index (χ4v) is 4.46. The molecule has 0 fully saturated rings. The van der Waals surface area contributed by atoms with Gasteiger partial charge in [-0.2, -0.15) is 0 Å². The zero-order chi connectivity index (χ0) is 19.7. The summed E-state index contributed by atoms with van der Waals surface area (Å²) in [7, 11) is 0. The number of rotatable bonds is 6. The number of fused-ring (bicyclic) bond motifs is 3. The molecule has 4 rings (SSSR count). The Hall–Kier alpha value is -2.72. The van der Waals surface area contributed by atoms with Gasteiger partial charge < -0.3 is 5.32 Å². The van der Waals surface area contributed by atoms with Crippen LogP contribution in [-0.4, -0.2) is 30.8 Å². The normalized spacial score (nSPS) is 11.4. The van der Waals surface area contributed by atoms with Gasteiger partial charge in [0, 0.05) is 6.54 Å². The largest absolute Gasteiger partial charge is 0.323 e. The number of amides is 1. The van der Waals surface area contributed by atoms with E-state index in [1.807, 2.05) is 18.4 Å². The van der Waals surface area contributed by atoms with Crippen molar-refractivity contribution < 1.29 is 9.18 Å². The number of thioether (sulfide) groups is 1. The first-order valence-corrected chi connectivity index (χ1v) is 10.5. The second kappa shape index (κ2) is 7.72. The third-order valence-corrected chi connectivity index (χ3v) is 5.93. The zero-order valence-corrected chi connectivity index (χ0v) is 16.5. The van der Waals surface area contributed by atoms with Crippen molar-refractivity contribution >= 4 is 50.7 Å². The van der Waals surface area contributed by atoms with Crippen LogP contribution in [0.1, 0.15) is 13.3 Å². The minimum Gasteiger partial charge on any atom is -0.323 e. The highest BCUT2D eigenvalue weighted by molar-refractivity contribution is 7.99. The van der Waals surface area contributed by atoms with E-state index in [9.17, 15) is 14.0 Å². The third-order valence-electron chi connectivity index (χ3n) is 4.11. The van der Waals surface area contributed by atoms with Crippen LogP contribution in [0.5, 0.6) is 0 Å². The number of anilines is 1. The van der Waals surface area contributed by atoms with E-state index in [1.165, 1.54) is 35.2 Å². The average Bonchev–Trinajstić information content (AvgIpc) is 3.32. The van der Waals surface area contributed by atoms with Gasteiger partial charge in [-0.25, -0.2) is 4.39 Å². The zero-order valence-electron chi connectivity index (χ0n) is 14.9. The number of nitrogens with zero attached hydrogens (tertiary/aromatic N) is 4. The number of thiophene rings is 1. The summed E-state index contributed by atoms with van der Waals surface area (Å²) in [6.45, 7) is 2.52. The van der Waals surface area contributed by atoms with Crippen LogP contribution in [0.4, 0.5) is 10.1 Å². The van der Waals surface area contributed by atoms with E-state index in [-0.39, 0.29) is 22.9 Å². The van der Waals surface area contributed by atoms with E-state index < -0.39 is 5.82 Å². The monoisotopic (exact) mass is 417 g/mol. The summed E-state index contributed by atoms with van der Waals surface area (Å²) in [5.41, 5.74) is 0.774. The van der Waals surface area contributed by atoms with Crippen molar-refractivity contribution in [3.8, 4) is 0 Å². The summed E-state index contributed by atoms with van der Waals surface area (Å²) in [5.74, 6) is -0.351. The fraction of sp³-hybridized carbons (Fsp3) is 0.222. The molecule has 144 valence electrons. The molecule has 3 aromatic heterocycles. The lowest BCUT2D eigenvalue weighted by Crippen LogP contribution is -2.22. The Morgan fingerprint density at radius 2 is 2.11 bits per heavy atom. The van der Waals surface area contributed by atoms with Crippen molar-refractivity contribution in [1.29, 1.82) is 0 Å². The molecule has 0 bridgehead atoms. The van der Waals surface area contributed by atoms with E-state index in [1.54, 1.807) is 21.1 Å². The molecule has 7 nitrogen and oxygen atoms in total. The van der Waals surface area contributed by atoms with Crippen molar-refractivity contribution in [3.05, 3.63) is 51.9 Å². The first-order valence-electron chi connectivity index (χ1n) is 8.62. The Morgan fingerprint density at radius 1 is 1.29 bits per heavy atom. The Kier molecular flexibility index (Phi) is 5.14. The predicted molar refractivity (Wildman–Crippen MR) is 109 cm³/mol. The number of nitrogens with one attached hydrogen (secondary N) is 1. The molecule has 0 unspecified atom stereocenters. The van der Waals surface area contributed by atoms with E-state index in [2.05, 4.69) is 15.5 Å². The molecule has 0 saturated heterocycles. The number of hydrogen-bond donors (Lipinski definition) is 1. The molecular formula is C18H16FN5O2S2. The number of carbonyl (C=O) groups excluding carboxylic acids is 1. The maximum Gasteiger partial charge on any atom is 0.272 e. The van der Waals surface area contributed by atoms with Crippen LogP contribution in [0, 0.1) is 5.82 Å². The Morgan fingerprint density at radius 3 is 2.89 bits per heavy atom. The van der Waals surface area contributed by atoms with Crippen LogP contribution in [0.2, 0.25) is 0 Å². The molecule has 0 saturated carbocycles. The van der Waals surface area contributed by atoms with Gasteiger partial charge in [0.05, 0.1) is 17.0 Å². The van der Waals surface area contributed by atoms with Gasteiger partial charge >= 0.3 is 0 Å². The van der Waals surface area contributed by atoms with E-state index in [4.69, 9.17) is 0 Å². The van der Waals surface area contributed by atoms with Crippen LogP contribution in [0.3, 0.4) is 0 Å². The molecule has 0 spiro atoms. The number of hydrogen-bond acceptors (Lipinski definition) is 6. The maximum atomic E-state index is 13.7. The first-order chi connectivity index (χ1) is 13.6. The summed E-state index contributed by atoms with van der Waals surface area (Å²) in [5, 5.41) is 13.2. The Bertz CT molecular complexity index is 1230. The molecule has 28 heavy (non-hydrogen) atoms. The lowest BCUT2D eigenvalue weighted by atomic mass is 10.3. The summed E-state index contributed by atoms with van der Waals surface area (Å²) >= 11 is 2.55. The molecule has 1 N–H and O–H groups in total. The maximum absolute atomic E-state index is 13.7. The van der Waals surface area contributed by atoms with Crippen molar-refractivity contribution in [2.24, 2.45) is 0 Å². The van der Waals surface area contributed by atoms with Gasteiger partial charge in [0.15, 0.2) is 5.16 Å². The minimum absolute atomic E-state index is 0.0354. The van der Waals surface area contributed by atoms with E-state index in [0.29, 0.717) is 22.2 Å². The number of aryl methyl sites for hydroxylation is 1. The number of para-hydroxylation sites is 1. The first kappa shape index (κ1) is 18.6. The summed E-state index contributed by atoms with van der Waals surface area (Å²) in [4.78, 5) is 24.9. The lowest BCUT2D eigenvalue weighted by Gasteiger charge is -2.08. The molecule has 1 aromatic carbocycles. The molecule has 3 heterocycles. The fourth-order valence-electron chi connectivity index (χ4n) is 2.90. The topological polar surface area (TPSA) is 81.3 Å². The van der Waals surface area contributed by atoms with E-state index >= 15 is 0 Å². The van der Waals surface area contributed by atoms with Gasteiger partial charge in [-0.15, -0.1) is 21.5 Å². The van der Waals surface area contributed by atoms with Gasteiger partial charge in [0.1, 0.15) is 10.5 Å². The molecule has 10 heteroatoms. The molecule has 0 aliphatic rings. The Balaban J connectivity index is 1.64. The van der Waals surface area contributed by atoms with Crippen molar-refractivity contribution in [3.63, 3.8) is 0 Å². The van der Waals surface area contributed by atoms with Gasteiger partial charge in [-0.05, 0) is 30.0 Å². The quantitative estimate of drug-likeness (QED) is 0.487. The third kappa shape index (κ3) is 3.29. The van der Waals surface area contributed by atoms with Gasteiger partial charge in [-0.3, -0.25) is 18.6 Å². The summed E-state index contributed by atoms with van der Waals surface area (Å²) < 4.78 is 17.7.